The van der Waals surface area contributed by atoms with E-state index in [4.69, 9.17) is 0 Å². The first-order valence-corrected chi connectivity index (χ1v) is 0. The SMILES string of the molecule is [Be+2].[Fe].[H-].[H-].[Mo].[Ni]. The van der Waals surface area contributed by atoms with E-state index in [1.807, 2.05) is 0 Å². The molecule has 0 N–H and O–H groups in total. The van der Waals surface area contributed by atoms with Gasteiger partial charge in [-0.15, -0.1) is 0 Å². The van der Waals surface area contributed by atoms with Gasteiger partial charge in [0.05, 0.1) is 0 Å². The fourth-order valence-corrected chi connectivity index (χ4v) is 0. The fraction of sp³-hybridized carbons (Fsp3) is 0. The van der Waals surface area contributed by atoms with Crippen LogP contribution in [0.1, 0.15) is 2.85 Å². The van der Waals surface area contributed by atoms with Crippen molar-refractivity contribution in [3.63, 3.8) is 0 Å². The van der Waals surface area contributed by atoms with Crippen LogP contribution in [0.15, 0.2) is 0 Å². The summed E-state index contributed by atoms with van der Waals surface area (Å²) in [7, 11) is 0. The van der Waals surface area contributed by atoms with Crippen molar-refractivity contribution in [1.82, 2.24) is 0 Å². The number of hydrogen-bond donors (Lipinski definition) is 0. The molecule has 0 aromatic rings. The second-order valence-electron chi connectivity index (χ2n) is 0. The standard InChI is InChI=1S/Be.Fe.Mo.Ni.2H/q+2;;;;2*-1. The Labute approximate surface area is 67.3 Å². The van der Waals surface area contributed by atoms with E-state index < -0.39 is 0 Å². The molecule has 0 aliphatic carbocycles. The molecule has 0 unspecified atom stereocenters. The van der Waals surface area contributed by atoms with E-state index in [0.717, 1.165) is 0 Å². The predicted molar refractivity (Wildman–Crippen MR) is 7.98 cm³/mol. The molecule has 0 heterocycles. The third kappa shape index (κ3) is 9.12. The molecule has 0 rings (SSSR count). The molecule has 0 aromatic heterocycles. The summed E-state index contributed by atoms with van der Waals surface area (Å²) in [6.45, 7) is 0. The Bertz CT molecular complexity index is 13.5. The van der Waals surface area contributed by atoms with Crippen LogP contribution in [0.3, 0.4) is 0 Å². The molecular weight excluding hydrogens is 219 g/mol. The Morgan fingerprint density at radius 1 is 1.25 bits per heavy atom. The van der Waals surface area contributed by atoms with Gasteiger partial charge >= 0.3 is 10.1 Å². The summed E-state index contributed by atoms with van der Waals surface area (Å²) < 4.78 is 0. The van der Waals surface area contributed by atoms with Gasteiger partial charge in [0.15, 0.2) is 0 Å². The minimum absolute atomic E-state index is 0. The molecule has 0 aromatic carbocycles. The molecule has 0 radical (unpaired) electrons. The first-order valence-electron chi connectivity index (χ1n) is 0. The van der Waals surface area contributed by atoms with Crippen LogP contribution in [0.4, 0.5) is 0 Å². The van der Waals surface area contributed by atoms with Crippen molar-refractivity contribution in [2.75, 3.05) is 0 Å². The summed E-state index contributed by atoms with van der Waals surface area (Å²) >= 11 is 0. The fourth-order valence-electron chi connectivity index (χ4n) is 0. The summed E-state index contributed by atoms with van der Waals surface area (Å²) in [6, 6.07) is 0. The van der Waals surface area contributed by atoms with Crippen LogP contribution in [0, 0.1) is 0 Å². The van der Waals surface area contributed by atoms with Crippen LogP contribution in [-0.4, -0.2) is 10.1 Å². The van der Waals surface area contributed by atoms with E-state index in [2.05, 4.69) is 0 Å². The summed E-state index contributed by atoms with van der Waals surface area (Å²) in [5.74, 6) is 0. The second-order valence-corrected chi connectivity index (χ2v) is 0. The van der Waals surface area contributed by atoms with Crippen molar-refractivity contribution in [3.8, 4) is 0 Å². The Morgan fingerprint density at radius 3 is 1.25 bits per heavy atom. The number of rotatable bonds is 0. The molecule has 0 saturated heterocycles. The van der Waals surface area contributed by atoms with Crippen LogP contribution in [0.25, 0.3) is 0 Å². The van der Waals surface area contributed by atoms with E-state index in [1.165, 1.54) is 0 Å². The van der Waals surface area contributed by atoms with Crippen molar-refractivity contribution in [2.24, 2.45) is 0 Å². The van der Waals surface area contributed by atoms with Crippen LogP contribution in [0.5, 0.6) is 0 Å². The van der Waals surface area contributed by atoms with E-state index in [0.29, 0.717) is 0 Å². The largest absolute Gasteiger partial charge is 2.00 e. The zero-order valence-electron chi connectivity index (χ0n) is 3.79. The quantitative estimate of drug-likeness (QED) is 0.499. The maximum absolute atomic E-state index is 0. The first kappa shape index (κ1) is 39.8. The minimum atomic E-state index is 0. The van der Waals surface area contributed by atoms with Crippen molar-refractivity contribution in [2.45, 2.75) is 0 Å². The van der Waals surface area contributed by atoms with Crippen LogP contribution >= 0.6 is 0 Å². The topological polar surface area (TPSA) is 0 Å². The predicted octanol–water partition coefficient (Wildman–Crippen LogP) is -0.163. The minimum Gasteiger partial charge on any atom is -1.00 e. The Balaban J connectivity index is 0. The molecule has 4 heavy (non-hydrogen) atoms. The molecule has 0 fully saturated rings. The van der Waals surface area contributed by atoms with Gasteiger partial charge in [-0.1, -0.05) is 0 Å². The van der Waals surface area contributed by atoms with E-state index in [-0.39, 0.29) is 67.6 Å². The average Bonchev–Trinajstić information content (AvgIpc) is 0. The molecule has 0 atom stereocenters. The van der Waals surface area contributed by atoms with E-state index in [1.54, 1.807) is 0 Å². The van der Waals surface area contributed by atoms with Crippen molar-refractivity contribution >= 4 is 10.1 Å². The van der Waals surface area contributed by atoms with Crippen LogP contribution < -0.4 is 0 Å². The smallest absolute Gasteiger partial charge is 1.00 e. The average molecular weight is 222 g/mol. The molecule has 0 aliphatic rings. The maximum Gasteiger partial charge on any atom is 2.00 e. The number of hydrogen-bond acceptors (Lipinski definition) is 0. The summed E-state index contributed by atoms with van der Waals surface area (Å²) in [6.07, 6.45) is 0. The molecule has 0 bridgehead atoms. The van der Waals surface area contributed by atoms with Crippen molar-refractivity contribution in [3.05, 3.63) is 0 Å². The summed E-state index contributed by atoms with van der Waals surface area (Å²) in [5.41, 5.74) is 0. The summed E-state index contributed by atoms with van der Waals surface area (Å²) in [5, 5.41) is 0. The Hall–Kier alpha value is 1.87. The van der Waals surface area contributed by atoms with Crippen LogP contribution in [-0.2, 0) is 54.6 Å². The molecule has 4 heteroatoms. The zero-order valence-corrected chi connectivity index (χ0v) is 5.88. The van der Waals surface area contributed by atoms with Gasteiger partial charge < -0.3 is 2.85 Å². The summed E-state index contributed by atoms with van der Waals surface area (Å²) in [4.78, 5) is 0. The molecule has 0 nitrogen and oxygen atoms in total. The first-order chi connectivity index (χ1) is 0. The molecule has 28 valence electrons. The monoisotopic (exact) mass is 223 g/mol. The van der Waals surface area contributed by atoms with Gasteiger partial charge in [0.2, 0.25) is 0 Å². The Kier molecular flexibility index (Phi) is 208. The Morgan fingerprint density at radius 2 is 1.25 bits per heavy atom. The van der Waals surface area contributed by atoms with Gasteiger partial charge in [0.1, 0.15) is 0 Å². The van der Waals surface area contributed by atoms with Crippen LogP contribution in [0.2, 0.25) is 0 Å². The van der Waals surface area contributed by atoms with Gasteiger partial charge in [-0.05, 0) is 0 Å². The van der Waals surface area contributed by atoms with Gasteiger partial charge in [-0.3, -0.25) is 0 Å². The zero-order chi connectivity index (χ0) is 0. The van der Waals surface area contributed by atoms with Gasteiger partial charge in [0.25, 0.3) is 0 Å². The molecule has 0 saturated carbocycles. The van der Waals surface area contributed by atoms with Gasteiger partial charge in [-0.25, -0.2) is 0 Å². The maximum atomic E-state index is 0. The van der Waals surface area contributed by atoms with Crippen molar-refractivity contribution < 1.29 is 57.5 Å². The normalized spacial score (nSPS) is 0. The van der Waals surface area contributed by atoms with Crippen molar-refractivity contribution in [1.29, 1.82) is 0 Å². The third-order valence-corrected chi connectivity index (χ3v) is 0. The van der Waals surface area contributed by atoms with E-state index in [9.17, 15) is 0 Å². The molecular formula is H2BeFeMoNi. The molecule has 0 aliphatic heterocycles. The van der Waals surface area contributed by atoms with Gasteiger partial charge in [-0.2, -0.15) is 0 Å². The van der Waals surface area contributed by atoms with Gasteiger partial charge in [0, 0.05) is 54.6 Å². The molecule has 0 spiro atoms. The second kappa shape index (κ2) is 20.9. The van der Waals surface area contributed by atoms with E-state index >= 15 is 0 Å². The molecule has 0 amide bonds. The third-order valence-electron chi connectivity index (χ3n) is 0.